The highest BCUT2D eigenvalue weighted by Crippen LogP contribution is 2.15. The van der Waals surface area contributed by atoms with E-state index in [2.05, 4.69) is 21.3 Å². The summed E-state index contributed by atoms with van der Waals surface area (Å²) in [5.74, 6) is -4.62. The highest BCUT2D eigenvalue weighted by Gasteiger charge is 2.32. The first-order chi connectivity index (χ1) is 19.5. The van der Waals surface area contributed by atoms with Crippen molar-refractivity contribution in [1.82, 2.24) is 21.3 Å². The lowest BCUT2D eigenvalue weighted by Gasteiger charge is -2.25. The van der Waals surface area contributed by atoms with Crippen molar-refractivity contribution in [1.29, 1.82) is 0 Å². The number of phenolic OH excluding ortho intramolecular Hbond substituents is 2. The Kier molecular flexibility index (Phi) is 11.0. The van der Waals surface area contributed by atoms with Crippen molar-refractivity contribution in [2.75, 3.05) is 6.54 Å². The normalized spacial score (nSPS) is 16.6. The third kappa shape index (κ3) is 9.80. The fourth-order valence-electron chi connectivity index (χ4n) is 4.40. The molecule has 3 amide bonds. The largest absolute Gasteiger partial charge is 0.508 e. The summed E-state index contributed by atoms with van der Waals surface area (Å²) in [6.07, 6.45) is 0.473. The molecule has 0 bridgehead atoms. The smallest absolute Gasteiger partial charge is 0.326 e. The summed E-state index contributed by atoms with van der Waals surface area (Å²) in [6.45, 7) is 0.661. The van der Waals surface area contributed by atoms with Gasteiger partial charge in [0.1, 0.15) is 29.6 Å². The lowest BCUT2D eigenvalue weighted by molar-refractivity contribution is -0.143. The molecule has 1 aliphatic heterocycles. The highest BCUT2D eigenvalue weighted by atomic mass is 16.4. The van der Waals surface area contributed by atoms with Crippen LogP contribution < -0.4 is 21.3 Å². The van der Waals surface area contributed by atoms with Crippen LogP contribution in [0.25, 0.3) is 0 Å². The number of hydrogen-bond donors (Lipinski definition) is 8. The minimum atomic E-state index is -1.52. The first-order valence-electron chi connectivity index (χ1n) is 13.2. The van der Waals surface area contributed by atoms with Crippen molar-refractivity contribution in [2.45, 2.75) is 62.7 Å². The maximum Gasteiger partial charge on any atom is 0.326 e. The van der Waals surface area contributed by atoms with Crippen LogP contribution in [0.1, 0.15) is 36.8 Å². The van der Waals surface area contributed by atoms with E-state index in [0.717, 1.165) is 6.42 Å². The third-order valence-electron chi connectivity index (χ3n) is 6.66. The number of amides is 3. The topological polar surface area (TPSA) is 214 Å². The van der Waals surface area contributed by atoms with E-state index in [1.807, 2.05) is 0 Å². The van der Waals surface area contributed by atoms with Gasteiger partial charge in [0.25, 0.3) is 0 Å². The fourth-order valence-corrected chi connectivity index (χ4v) is 4.40. The molecule has 13 nitrogen and oxygen atoms in total. The molecule has 41 heavy (non-hydrogen) atoms. The van der Waals surface area contributed by atoms with Gasteiger partial charge in [-0.2, -0.15) is 0 Å². The van der Waals surface area contributed by atoms with E-state index in [1.54, 1.807) is 12.1 Å². The molecule has 1 fully saturated rings. The summed E-state index contributed by atoms with van der Waals surface area (Å²) in [5.41, 5.74) is 1.16. The van der Waals surface area contributed by atoms with E-state index in [9.17, 15) is 39.3 Å². The standard InChI is InChI=1S/C28H34N4O9/c33-18-7-3-16(4-8-18)14-22(26(38)30-21(28(40)41)11-12-24(35)36)32-27(39)23(15-17-5-9-19(34)10-6-17)31-25(37)20-2-1-13-29-20/h3-10,20-23,29,33-34H,1-2,11-15H2,(H,30,38)(H,31,37)(H,32,39)(H,35,36)(H,40,41). The van der Waals surface area contributed by atoms with Crippen molar-refractivity contribution in [3.8, 4) is 11.5 Å². The number of aromatic hydroxyl groups is 2. The van der Waals surface area contributed by atoms with Gasteiger partial charge in [-0.3, -0.25) is 19.2 Å². The minimum absolute atomic E-state index is 0.0180. The van der Waals surface area contributed by atoms with E-state index in [4.69, 9.17) is 5.11 Å². The second-order valence-electron chi connectivity index (χ2n) is 9.84. The van der Waals surface area contributed by atoms with Crippen molar-refractivity contribution in [3.05, 3.63) is 59.7 Å². The molecular weight excluding hydrogens is 536 g/mol. The van der Waals surface area contributed by atoms with Gasteiger partial charge >= 0.3 is 11.9 Å². The molecule has 2 aromatic carbocycles. The number of carbonyl (C=O) groups excluding carboxylic acids is 3. The van der Waals surface area contributed by atoms with E-state index in [0.29, 0.717) is 24.1 Å². The Morgan fingerprint density at radius 2 is 1.24 bits per heavy atom. The summed E-state index contributed by atoms with van der Waals surface area (Å²) in [5, 5.41) is 48.4. The first kappa shape index (κ1) is 30.9. The molecule has 0 spiro atoms. The molecule has 0 radical (unpaired) electrons. The van der Waals surface area contributed by atoms with Crippen LogP contribution in [-0.2, 0) is 36.8 Å². The van der Waals surface area contributed by atoms with Crippen LogP contribution in [0.5, 0.6) is 11.5 Å². The Labute approximate surface area is 236 Å². The lowest BCUT2D eigenvalue weighted by atomic mass is 10.0. The van der Waals surface area contributed by atoms with Crippen LogP contribution in [-0.4, -0.2) is 80.8 Å². The summed E-state index contributed by atoms with van der Waals surface area (Å²) >= 11 is 0. The molecule has 13 heteroatoms. The number of carbonyl (C=O) groups is 5. The van der Waals surface area contributed by atoms with Crippen molar-refractivity contribution < 1.29 is 44.4 Å². The quantitative estimate of drug-likeness (QED) is 0.153. The summed E-state index contributed by atoms with van der Waals surface area (Å²) < 4.78 is 0. The zero-order valence-electron chi connectivity index (χ0n) is 22.2. The SMILES string of the molecule is O=C(O)CCC(NC(=O)C(Cc1ccc(O)cc1)NC(=O)C(Cc1ccc(O)cc1)NC(=O)C1CCCN1)C(=O)O. The molecule has 1 saturated heterocycles. The van der Waals surface area contributed by atoms with Gasteiger partial charge in [0.05, 0.1) is 6.04 Å². The van der Waals surface area contributed by atoms with Gasteiger partial charge in [-0.25, -0.2) is 4.79 Å². The van der Waals surface area contributed by atoms with Gasteiger partial charge in [0.15, 0.2) is 0 Å². The molecule has 1 aliphatic rings. The van der Waals surface area contributed by atoms with Crippen molar-refractivity contribution in [3.63, 3.8) is 0 Å². The zero-order chi connectivity index (χ0) is 29.9. The van der Waals surface area contributed by atoms with Gasteiger partial charge in [-0.05, 0) is 61.2 Å². The number of rotatable bonds is 14. The predicted octanol–water partition coefficient (Wildman–Crippen LogP) is 0.0388. The third-order valence-corrected chi connectivity index (χ3v) is 6.66. The molecule has 8 N–H and O–H groups in total. The minimum Gasteiger partial charge on any atom is -0.508 e. The van der Waals surface area contributed by atoms with Gasteiger partial charge in [0.2, 0.25) is 17.7 Å². The summed E-state index contributed by atoms with van der Waals surface area (Å²) in [6, 6.07) is 7.49. The number of aliphatic carboxylic acids is 2. The van der Waals surface area contributed by atoms with E-state index >= 15 is 0 Å². The molecule has 4 unspecified atom stereocenters. The molecule has 4 atom stereocenters. The molecule has 220 valence electrons. The molecule has 1 heterocycles. The van der Waals surface area contributed by atoms with Crippen LogP contribution in [0.4, 0.5) is 0 Å². The van der Waals surface area contributed by atoms with Gasteiger partial charge < -0.3 is 41.7 Å². The van der Waals surface area contributed by atoms with Crippen LogP contribution in [0.3, 0.4) is 0 Å². The average molecular weight is 571 g/mol. The summed E-state index contributed by atoms with van der Waals surface area (Å²) in [7, 11) is 0. The Morgan fingerprint density at radius 1 is 0.756 bits per heavy atom. The Morgan fingerprint density at radius 3 is 1.68 bits per heavy atom. The van der Waals surface area contributed by atoms with Crippen LogP contribution in [0.15, 0.2) is 48.5 Å². The number of benzene rings is 2. The molecule has 2 aromatic rings. The van der Waals surface area contributed by atoms with E-state index in [1.165, 1.54) is 36.4 Å². The molecule has 0 aliphatic carbocycles. The van der Waals surface area contributed by atoms with Gasteiger partial charge in [-0.15, -0.1) is 0 Å². The highest BCUT2D eigenvalue weighted by molar-refractivity contribution is 5.94. The number of carboxylic acids is 2. The Hall–Kier alpha value is -4.65. The number of nitrogens with one attached hydrogen (secondary N) is 4. The molecule has 0 aromatic heterocycles. The molecule has 3 rings (SSSR count). The monoisotopic (exact) mass is 570 g/mol. The zero-order valence-corrected chi connectivity index (χ0v) is 22.2. The van der Waals surface area contributed by atoms with Crippen molar-refractivity contribution in [2.24, 2.45) is 0 Å². The summed E-state index contributed by atoms with van der Waals surface area (Å²) in [4.78, 5) is 62.3. The molecular formula is C28H34N4O9. The van der Waals surface area contributed by atoms with Crippen LogP contribution >= 0.6 is 0 Å². The van der Waals surface area contributed by atoms with Crippen LogP contribution in [0.2, 0.25) is 0 Å². The maximum atomic E-state index is 13.5. The van der Waals surface area contributed by atoms with E-state index < -0.39 is 54.3 Å². The molecule has 0 saturated carbocycles. The number of carboxylic acid groups (broad SMARTS) is 2. The fraction of sp³-hybridized carbons (Fsp3) is 0.393. The second-order valence-corrected chi connectivity index (χ2v) is 9.84. The first-order valence-corrected chi connectivity index (χ1v) is 13.2. The lowest BCUT2D eigenvalue weighted by Crippen LogP contribution is -2.58. The van der Waals surface area contributed by atoms with Crippen molar-refractivity contribution >= 4 is 29.7 Å². The van der Waals surface area contributed by atoms with Crippen LogP contribution in [0, 0.1) is 0 Å². The van der Waals surface area contributed by atoms with E-state index in [-0.39, 0.29) is 36.7 Å². The Bertz CT molecular complexity index is 1230. The number of phenols is 2. The second kappa shape index (κ2) is 14.7. The van der Waals surface area contributed by atoms with Gasteiger partial charge in [-0.1, -0.05) is 24.3 Å². The predicted molar refractivity (Wildman–Crippen MR) is 145 cm³/mol. The maximum absolute atomic E-state index is 13.5. The number of hydrogen-bond acceptors (Lipinski definition) is 8. The van der Waals surface area contributed by atoms with Gasteiger partial charge in [0, 0.05) is 19.3 Å². The average Bonchev–Trinajstić information content (AvgIpc) is 3.47. The Balaban J connectivity index is 1.83.